The zero-order chi connectivity index (χ0) is 55.9. The average Bonchev–Trinajstić information content (AvgIpc) is 3.45. The van der Waals surface area contributed by atoms with E-state index < -0.39 is 176 Å². The average molecular weight is 1070 g/mol. The summed E-state index contributed by atoms with van der Waals surface area (Å²) in [6.45, 7) is 5.51. The number of ketones is 1. The fraction of sp³-hybridized carbons (Fsp3) is 0.509. The minimum absolute atomic E-state index is 0.0350. The van der Waals surface area contributed by atoms with Gasteiger partial charge >= 0.3 is 29.8 Å². The molecular formula is C55H63NO21. The summed E-state index contributed by atoms with van der Waals surface area (Å²) in [6, 6.07) is 22.2. The molecule has 3 aliphatic carbocycles. The van der Waals surface area contributed by atoms with Crippen LogP contribution in [0.25, 0.3) is 0 Å². The van der Waals surface area contributed by atoms with Crippen molar-refractivity contribution in [3.05, 3.63) is 119 Å². The number of esters is 5. The summed E-state index contributed by atoms with van der Waals surface area (Å²) in [6.07, 6.45) is -20.6. The lowest BCUT2D eigenvalue weighted by Gasteiger charge is -2.67. The summed E-state index contributed by atoms with van der Waals surface area (Å²) in [5.41, 5.74) is -8.35. The van der Waals surface area contributed by atoms with Crippen molar-refractivity contribution in [1.82, 2.24) is 5.32 Å². The highest BCUT2D eigenvalue weighted by molar-refractivity contribution is 5.96. The Labute approximate surface area is 442 Å². The number of fused-ring (bicyclic) bond motifs is 5. The quantitative estimate of drug-likeness (QED) is 0.0637. The molecule has 22 heteroatoms. The predicted molar refractivity (Wildman–Crippen MR) is 261 cm³/mol. The number of Topliss-reactive ketones (excluding diaryl/α,β-unsaturated/α-hetero) is 1. The largest absolute Gasteiger partial charge is 0.459 e. The zero-order valence-electron chi connectivity index (χ0n) is 43.0. The SMILES string of the molecule is CC(=O)O[C@H]1C(=O)[C@@]2(C)C([C@H](OC(=O)c3ccccc3)[C@]3(O)C[C@H](OC(=O)[C@H](O)[C@@H](NC(=O)c4ccccc4)c4ccccc4)C(C)=C1C3(C)C)[C@]1(OC(C)=O)CO[C@@H]1C[C@@H]2OC(=O)CO[C@H]1O[C@H](CO)[C@@H](O)[C@H](O)[C@H]1O. The van der Waals surface area contributed by atoms with Gasteiger partial charge in [-0.1, -0.05) is 80.6 Å². The molecule has 0 aromatic heterocycles. The van der Waals surface area contributed by atoms with E-state index in [1.54, 1.807) is 66.7 Å². The van der Waals surface area contributed by atoms with Gasteiger partial charge in [-0.25, -0.2) is 14.4 Å². The monoisotopic (exact) mass is 1070 g/mol. The van der Waals surface area contributed by atoms with Crippen molar-refractivity contribution in [2.24, 2.45) is 16.7 Å². The molecule has 5 aliphatic rings. The number of benzene rings is 3. The van der Waals surface area contributed by atoms with Crippen molar-refractivity contribution in [2.75, 3.05) is 19.8 Å². The molecule has 8 rings (SSSR count). The second kappa shape index (κ2) is 22.1. The highest BCUT2D eigenvalue weighted by atomic mass is 16.7. The fourth-order valence-corrected chi connectivity index (χ4v) is 11.9. The third kappa shape index (κ3) is 10.3. The number of nitrogens with one attached hydrogen (secondary N) is 1. The molecule has 3 aromatic carbocycles. The van der Waals surface area contributed by atoms with Gasteiger partial charge in [0.25, 0.3) is 5.91 Å². The lowest BCUT2D eigenvalue weighted by Crippen LogP contribution is -2.82. The van der Waals surface area contributed by atoms with Crippen LogP contribution in [0.15, 0.2) is 102 Å². The third-order valence-electron chi connectivity index (χ3n) is 15.9. The Morgan fingerprint density at radius 2 is 1.40 bits per heavy atom. The van der Waals surface area contributed by atoms with Gasteiger partial charge in [0.15, 0.2) is 29.9 Å². The number of rotatable bonds is 15. The molecule has 1 amide bonds. The molecule has 2 heterocycles. The highest BCUT2D eigenvalue weighted by Crippen LogP contribution is 2.65. The number of ether oxygens (including phenoxy) is 8. The molecule has 2 bridgehead atoms. The second-order valence-corrected chi connectivity index (χ2v) is 20.8. The Bertz CT molecular complexity index is 2750. The van der Waals surface area contributed by atoms with Crippen LogP contribution in [0.5, 0.6) is 0 Å². The fourth-order valence-electron chi connectivity index (χ4n) is 11.9. The standard InChI is InChI=1S/C55H63NO21/c1-27-33(73-50(68)41(62)39(30-16-10-7-11-17-30)56-48(66)31-18-12-8-13-19-31)23-55(69)47(76-49(67)32-20-14-9-15-21-32)45-53(6,46(65)44(72-28(2)58)38(27)52(55,4)5)35(22-36-54(45,26-71-36)77-29(3)59)75-37(60)25-70-51-43(64)42(63)40(61)34(24-57)74-51/h7-21,33-36,39-45,47,51,57,61-64,69H,22-26H2,1-6H3,(H,56,66)/t33-,34+,35-,36+,39-,40+,41+,42-,43+,44+,45?,47-,51-,53+,54-,55+/m0/s1. The third-order valence-corrected chi connectivity index (χ3v) is 15.9. The first-order valence-corrected chi connectivity index (χ1v) is 25.0. The molecule has 2 aliphatic heterocycles. The van der Waals surface area contributed by atoms with Gasteiger partial charge in [0.2, 0.25) is 0 Å². The van der Waals surface area contributed by atoms with Gasteiger partial charge in [-0.3, -0.25) is 19.2 Å². The first kappa shape index (κ1) is 56.7. The van der Waals surface area contributed by atoms with Gasteiger partial charge in [-0.05, 0) is 54.8 Å². The van der Waals surface area contributed by atoms with Crippen LogP contribution in [0.4, 0.5) is 0 Å². The summed E-state index contributed by atoms with van der Waals surface area (Å²) >= 11 is 0. The molecule has 1 unspecified atom stereocenters. The van der Waals surface area contributed by atoms with E-state index in [1.807, 2.05) is 0 Å². The maximum absolute atomic E-state index is 16.3. The van der Waals surface area contributed by atoms with Crippen LogP contribution in [0.3, 0.4) is 0 Å². The topological polar surface area (TPSA) is 327 Å². The highest BCUT2D eigenvalue weighted by Gasteiger charge is 2.79. The van der Waals surface area contributed by atoms with Gasteiger partial charge in [-0.15, -0.1) is 0 Å². The van der Waals surface area contributed by atoms with Gasteiger partial charge in [0.1, 0.15) is 61.0 Å². The van der Waals surface area contributed by atoms with Gasteiger partial charge in [-0.2, -0.15) is 0 Å². The molecule has 4 fully saturated rings. The molecule has 414 valence electrons. The van der Waals surface area contributed by atoms with Crippen molar-refractivity contribution < 1.29 is 102 Å². The number of carbonyl (C=O) groups excluding carboxylic acids is 7. The molecule has 16 atom stereocenters. The number of amides is 1. The van der Waals surface area contributed by atoms with Crippen molar-refractivity contribution >= 4 is 41.5 Å². The minimum atomic E-state index is -2.58. The van der Waals surface area contributed by atoms with Crippen LogP contribution < -0.4 is 5.32 Å². The number of carbonyl (C=O) groups is 7. The number of aliphatic hydroxyl groups is 6. The summed E-state index contributed by atoms with van der Waals surface area (Å²) in [5.74, 6) is -8.96. The molecule has 2 saturated carbocycles. The number of hydrogen-bond donors (Lipinski definition) is 7. The van der Waals surface area contributed by atoms with E-state index >= 15 is 4.79 Å². The maximum atomic E-state index is 16.3. The van der Waals surface area contributed by atoms with Crippen LogP contribution in [0.1, 0.15) is 86.7 Å². The minimum Gasteiger partial charge on any atom is -0.459 e. The van der Waals surface area contributed by atoms with Gasteiger partial charge in [0.05, 0.1) is 36.2 Å². The second-order valence-electron chi connectivity index (χ2n) is 20.8. The van der Waals surface area contributed by atoms with Crippen LogP contribution in [-0.2, 0) is 61.9 Å². The number of hydrogen-bond acceptors (Lipinski definition) is 21. The Kier molecular flexibility index (Phi) is 16.3. The van der Waals surface area contributed by atoms with E-state index in [9.17, 15) is 59.4 Å². The number of aliphatic hydroxyl groups excluding tert-OH is 5. The molecule has 77 heavy (non-hydrogen) atoms. The lowest BCUT2D eigenvalue weighted by atomic mass is 9.44. The molecule has 0 radical (unpaired) electrons. The molecule has 0 spiro atoms. The Morgan fingerprint density at radius 3 is 1.97 bits per heavy atom. The molecule has 2 saturated heterocycles. The summed E-state index contributed by atoms with van der Waals surface area (Å²) < 4.78 is 47.8. The van der Waals surface area contributed by atoms with E-state index in [0.717, 1.165) is 13.8 Å². The van der Waals surface area contributed by atoms with Gasteiger partial charge in [0, 0.05) is 37.7 Å². The van der Waals surface area contributed by atoms with Crippen molar-refractivity contribution in [3.8, 4) is 0 Å². The van der Waals surface area contributed by atoms with Crippen molar-refractivity contribution in [2.45, 2.75) is 139 Å². The summed E-state index contributed by atoms with van der Waals surface area (Å²) in [5, 5.41) is 69.7. The van der Waals surface area contributed by atoms with Crippen LogP contribution in [0.2, 0.25) is 0 Å². The first-order valence-electron chi connectivity index (χ1n) is 25.0. The molecule has 7 N–H and O–H groups in total. The molecule has 3 aromatic rings. The van der Waals surface area contributed by atoms with Crippen LogP contribution in [-0.4, -0.2) is 171 Å². The van der Waals surface area contributed by atoms with Gasteiger partial charge < -0.3 is 73.9 Å². The lowest BCUT2D eigenvalue weighted by molar-refractivity contribution is -0.347. The van der Waals surface area contributed by atoms with E-state index in [2.05, 4.69) is 5.32 Å². The zero-order valence-corrected chi connectivity index (χ0v) is 43.0. The predicted octanol–water partition coefficient (Wildman–Crippen LogP) is 1.10. The Morgan fingerprint density at radius 1 is 0.792 bits per heavy atom. The van der Waals surface area contributed by atoms with E-state index in [4.69, 9.17) is 37.9 Å². The van der Waals surface area contributed by atoms with E-state index in [1.165, 1.54) is 52.0 Å². The molecular weight excluding hydrogens is 1010 g/mol. The van der Waals surface area contributed by atoms with Crippen molar-refractivity contribution in [1.29, 1.82) is 0 Å². The Balaban J connectivity index is 1.26. The van der Waals surface area contributed by atoms with Crippen LogP contribution >= 0.6 is 0 Å². The van der Waals surface area contributed by atoms with E-state index in [0.29, 0.717) is 5.56 Å². The van der Waals surface area contributed by atoms with Crippen molar-refractivity contribution in [3.63, 3.8) is 0 Å². The maximum Gasteiger partial charge on any atom is 0.338 e. The summed E-state index contributed by atoms with van der Waals surface area (Å²) in [4.78, 5) is 99.9. The van der Waals surface area contributed by atoms with E-state index in [-0.39, 0.29) is 22.3 Å². The normalized spacial score (nSPS) is 33.9. The van der Waals surface area contributed by atoms with Crippen LogP contribution in [0, 0.1) is 16.7 Å². The summed E-state index contributed by atoms with van der Waals surface area (Å²) in [7, 11) is 0. The Hall–Kier alpha value is -6.47. The first-order chi connectivity index (χ1) is 36.4. The molecule has 22 nitrogen and oxygen atoms in total. The smallest absolute Gasteiger partial charge is 0.338 e.